The molecule has 0 saturated heterocycles. The number of urea groups is 1. The van der Waals surface area contributed by atoms with Gasteiger partial charge >= 0.3 is 12.2 Å². The van der Waals surface area contributed by atoms with Crippen molar-refractivity contribution in [1.29, 1.82) is 0 Å². The summed E-state index contributed by atoms with van der Waals surface area (Å²) in [5, 5.41) is 8.02. The molecule has 0 aliphatic heterocycles. The van der Waals surface area contributed by atoms with Crippen LogP contribution in [0.1, 0.15) is 35.3 Å². The Balaban J connectivity index is 1.89. The fraction of sp³-hybridized carbons (Fsp3) is 0.263. The molecule has 3 N–H and O–H groups in total. The second-order valence-corrected chi connectivity index (χ2v) is 6.21. The molecule has 2 aromatic rings. The second-order valence-electron chi connectivity index (χ2n) is 6.21. The number of nitrogens with one attached hydrogen (secondary N) is 3. The van der Waals surface area contributed by atoms with Gasteiger partial charge in [-0.05, 0) is 55.8 Å². The highest BCUT2D eigenvalue weighted by atomic mass is 19.4. The lowest BCUT2D eigenvalue weighted by Crippen LogP contribution is -2.34. The molecule has 5 nitrogen and oxygen atoms in total. The van der Waals surface area contributed by atoms with Gasteiger partial charge in [0.15, 0.2) is 0 Å². The standard InChI is InChI=1S/C19H20F3N3O2/c1-12(2)24-18(27)25-16-9-3-13(4-10-16)11-23-17(26)14-5-7-15(8-6-14)19(20,21)22/h3-10,12H,11H2,1-2H3,(H,23,26)(H2,24,25,27). The Morgan fingerprint density at radius 1 is 0.963 bits per heavy atom. The molecule has 27 heavy (non-hydrogen) atoms. The van der Waals surface area contributed by atoms with E-state index in [1.807, 2.05) is 13.8 Å². The molecule has 0 unspecified atom stereocenters. The van der Waals surface area contributed by atoms with Crippen LogP contribution in [0.4, 0.5) is 23.7 Å². The monoisotopic (exact) mass is 379 g/mol. The third-order valence-corrected chi connectivity index (χ3v) is 3.56. The predicted octanol–water partition coefficient (Wildman–Crippen LogP) is 4.17. The van der Waals surface area contributed by atoms with Crippen molar-refractivity contribution < 1.29 is 22.8 Å². The van der Waals surface area contributed by atoms with Crippen molar-refractivity contribution in [2.45, 2.75) is 32.6 Å². The highest BCUT2D eigenvalue weighted by molar-refractivity contribution is 5.94. The molecule has 144 valence electrons. The molecule has 0 heterocycles. The number of carbonyl (C=O) groups is 2. The maximum atomic E-state index is 12.5. The zero-order chi connectivity index (χ0) is 20.0. The van der Waals surface area contributed by atoms with Gasteiger partial charge in [-0.25, -0.2) is 4.79 Å². The van der Waals surface area contributed by atoms with E-state index >= 15 is 0 Å². The van der Waals surface area contributed by atoms with Gasteiger partial charge < -0.3 is 16.0 Å². The van der Waals surface area contributed by atoms with Crippen LogP contribution in [0.3, 0.4) is 0 Å². The first kappa shape index (κ1) is 20.3. The van der Waals surface area contributed by atoms with Gasteiger partial charge in [0.1, 0.15) is 0 Å². The number of benzene rings is 2. The Labute approximate surface area is 155 Å². The summed E-state index contributed by atoms with van der Waals surface area (Å²) in [4.78, 5) is 23.7. The first-order valence-electron chi connectivity index (χ1n) is 8.27. The lowest BCUT2D eigenvalue weighted by molar-refractivity contribution is -0.137. The van der Waals surface area contributed by atoms with Crippen molar-refractivity contribution in [1.82, 2.24) is 10.6 Å². The van der Waals surface area contributed by atoms with Crippen molar-refractivity contribution in [3.8, 4) is 0 Å². The van der Waals surface area contributed by atoms with Crippen LogP contribution in [0.2, 0.25) is 0 Å². The van der Waals surface area contributed by atoms with Crippen LogP contribution in [-0.4, -0.2) is 18.0 Å². The molecule has 0 aliphatic rings. The van der Waals surface area contributed by atoms with Crippen LogP contribution >= 0.6 is 0 Å². The lowest BCUT2D eigenvalue weighted by atomic mass is 10.1. The molecule has 2 aromatic carbocycles. The van der Waals surface area contributed by atoms with Crippen LogP contribution in [0.25, 0.3) is 0 Å². The predicted molar refractivity (Wildman–Crippen MR) is 96.3 cm³/mol. The molecule has 2 rings (SSSR count). The van der Waals surface area contributed by atoms with Gasteiger partial charge in [0, 0.05) is 23.8 Å². The van der Waals surface area contributed by atoms with Gasteiger partial charge in [-0.3, -0.25) is 4.79 Å². The van der Waals surface area contributed by atoms with Crippen molar-refractivity contribution in [2.24, 2.45) is 0 Å². The fourth-order valence-corrected chi connectivity index (χ4v) is 2.23. The summed E-state index contributed by atoms with van der Waals surface area (Å²) in [6, 6.07) is 10.6. The number of hydrogen-bond acceptors (Lipinski definition) is 2. The molecular weight excluding hydrogens is 359 g/mol. The van der Waals surface area contributed by atoms with Crippen LogP contribution in [0.5, 0.6) is 0 Å². The number of anilines is 1. The zero-order valence-corrected chi connectivity index (χ0v) is 14.9. The topological polar surface area (TPSA) is 70.2 Å². The van der Waals surface area contributed by atoms with Gasteiger partial charge in [0.05, 0.1) is 5.56 Å². The summed E-state index contributed by atoms with van der Waals surface area (Å²) in [5.74, 6) is -0.470. The third kappa shape index (κ3) is 6.32. The maximum absolute atomic E-state index is 12.5. The minimum Gasteiger partial charge on any atom is -0.348 e. The Kier molecular flexibility index (Phi) is 6.44. The van der Waals surface area contributed by atoms with E-state index in [2.05, 4.69) is 16.0 Å². The highest BCUT2D eigenvalue weighted by Crippen LogP contribution is 2.29. The van der Waals surface area contributed by atoms with Crippen LogP contribution in [-0.2, 0) is 12.7 Å². The smallest absolute Gasteiger partial charge is 0.348 e. The maximum Gasteiger partial charge on any atom is 0.416 e. The SMILES string of the molecule is CC(C)NC(=O)Nc1ccc(CNC(=O)c2ccc(C(F)(F)F)cc2)cc1. The first-order chi connectivity index (χ1) is 12.6. The third-order valence-electron chi connectivity index (χ3n) is 3.56. The second kappa shape index (κ2) is 8.57. The van der Waals surface area contributed by atoms with Crippen molar-refractivity contribution in [2.75, 3.05) is 5.32 Å². The molecule has 0 saturated carbocycles. The number of rotatable bonds is 5. The van der Waals surface area contributed by atoms with Gasteiger partial charge in [0.2, 0.25) is 0 Å². The van der Waals surface area contributed by atoms with Gasteiger partial charge in [-0.1, -0.05) is 12.1 Å². The normalized spacial score (nSPS) is 11.2. The van der Waals surface area contributed by atoms with Gasteiger partial charge in [-0.15, -0.1) is 0 Å². The van der Waals surface area contributed by atoms with E-state index in [9.17, 15) is 22.8 Å². The molecule has 8 heteroatoms. The Morgan fingerprint density at radius 2 is 1.56 bits per heavy atom. The zero-order valence-electron chi connectivity index (χ0n) is 14.9. The number of alkyl halides is 3. The quantitative estimate of drug-likeness (QED) is 0.730. The summed E-state index contributed by atoms with van der Waals surface area (Å²) >= 11 is 0. The molecule has 0 bridgehead atoms. The summed E-state index contributed by atoms with van der Waals surface area (Å²) in [6.45, 7) is 3.91. The lowest BCUT2D eigenvalue weighted by Gasteiger charge is -2.11. The first-order valence-corrected chi connectivity index (χ1v) is 8.27. The number of amides is 3. The van der Waals surface area contributed by atoms with E-state index < -0.39 is 17.6 Å². The Morgan fingerprint density at radius 3 is 2.07 bits per heavy atom. The summed E-state index contributed by atoms with van der Waals surface area (Å²) < 4.78 is 37.6. The Bertz CT molecular complexity index is 785. The van der Waals surface area contributed by atoms with Crippen molar-refractivity contribution in [3.05, 3.63) is 65.2 Å². The van der Waals surface area contributed by atoms with Crippen molar-refractivity contribution in [3.63, 3.8) is 0 Å². The van der Waals surface area contributed by atoms with Gasteiger partial charge in [0.25, 0.3) is 5.91 Å². The minimum absolute atomic E-state index is 0.0182. The summed E-state index contributed by atoms with van der Waals surface area (Å²) in [6.07, 6.45) is -4.43. The number of carbonyl (C=O) groups excluding carboxylic acids is 2. The van der Waals surface area contributed by atoms with E-state index in [1.54, 1.807) is 24.3 Å². The minimum atomic E-state index is -4.43. The summed E-state index contributed by atoms with van der Waals surface area (Å²) in [5.41, 5.74) is 0.728. The molecular formula is C19H20F3N3O2. The van der Waals surface area contributed by atoms with E-state index in [0.717, 1.165) is 29.8 Å². The Hall–Kier alpha value is -3.03. The van der Waals surface area contributed by atoms with Gasteiger partial charge in [-0.2, -0.15) is 13.2 Å². The summed E-state index contributed by atoms with van der Waals surface area (Å²) in [7, 11) is 0. The van der Waals surface area contributed by atoms with Crippen LogP contribution in [0, 0.1) is 0 Å². The van der Waals surface area contributed by atoms with E-state index in [-0.39, 0.29) is 24.2 Å². The molecule has 0 aliphatic carbocycles. The average molecular weight is 379 g/mol. The fourth-order valence-electron chi connectivity index (χ4n) is 2.23. The van der Waals surface area contributed by atoms with E-state index in [0.29, 0.717) is 5.69 Å². The van der Waals surface area contributed by atoms with Crippen molar-refractivity contribution >= 4 is 17.6 Å². The van der Waals surface area contributed by atoms with E-state index in [4.69, 9.17) is 0 Å². The average Bonchev–Trinajstić information content (AvgIpc) is 2.59. The largest absolute Gasteiger partial charge is 0.416 e. The number of halogens is 3. The van der Waals surface area contributed by atoms with Crippen LogP contribution in [0.15, 0.2) is 48.5 Å². The van der Waals surface area contributed by atoms with E-state index in [1.165, 1.54) is 0 Å². The molecule has 0 fully saturated rings. The van der Waals surface area contributed by atoms with Crippen LogP contribution < -0.4 is 16.0 Å². The highest BCUT2D eigenvalue weighted by Gasteiger charge is 2.30. The number of hydrogen-bond donors (Lipinski definition) is 3. The molecule has 3 amide bonds. The molecule has 0 atom stereocenters. The molecule has 0 radical (unpaired) electrons. The molecule has 0 aromatic heterocycles. The molecule has 0 spiro atoms.